The third kappa shape index (κ3) is 5.85. The van der Waals surface area contributed by atoms with Gasteiger partial charge < -0.3 is 9.47 Å². The molecule has 0 atom stereocenters. The highest BCUT2D eigenvalue weighted by Crippen LogP contribution is 2.27. The quantitative estimate of drug-likeness (QED) is 0.183. The van der Waals surface area contributed by atoms with E-state index in [2.05, 4.69) is 33.1 Å². The van der Waals surface area contributed by atoms with Crippen LogP contribution in [0.4, 0.5) is 0 Å². The lowest BCUT2D eigenvalue weighted by atomic mass is 10.0. The van der Waals surface area contributed by atoms with Crippen molar-refractivity contribution < 1.29 is 14.3 Å². The zero-order valence-electron chi connectivity index (χ0n) is 17.2. The molecule has 32 heavy (non-hydrogen) atoms. The third-order valence-corrected chi connectivity index (χ3v) is 5.45. The lowest BCUT2D eigenvalue weighted by Crippen LogP contribution is -2.24. The summed E-state index contributed by atoms with van der Waals surface area (Å²) < 4.78 is 12.7. The molecule has 0 radical (unpaired) electrons. The summed E-state index contributed by atoms with van der Waals surface area (Å²) in [5.74, 6) is 0.989. The van der Waals surface area contributed by atoms with Crippen molar-refractivity contribution in [2.24, 2.45) is 5.10 Å². The van der Waals surface area contributed by atoms with E-state index in [0.29, 0.717) is 18.1 Å². The summed E-state index contributed by atoms with van der Waals surface area (Å²) >= 11 is 2.22. The van der Waals surface area contributed by atoms with E-state index in [1.54, 1.807) is 6.21 Å². The smallest absolute Gasteiger partial charge is 0.277 e. The minimum Gasteiger partial charge on any atom is -0.488 e. The number of hydrogen-bond donors (Lipinski definition) is 1. The van der Waals surface area contributed by atoms with Crippen LogP contribution >= 0.6 is 22.6 Å². The molecule has 1 amide bonds. The number of halogens is 1. The molecular formula is C26H21IN2O3. The molecule has 0 fully saturated rings. The van der Waals surface area contributed by atoms with E-state index in [1.165, 1.54) is 0 Å². The van der Waals surface area contributed by atoms with E-state index in [9.17, 15) is 4.79 Å². The van der Waals surface area contributed by atoms with Gasteiger partial charge in [-0.1, -0.05) is 60.7 Å². The van der Waals surface area contributed by atoms with Crippen LogP contribution in [0.25, 0.3) is 10.8 Å². The summed E-state index contributed by atoms with van der Waals surface area (Å²) in [7, 11) is 0. The molecule has 0 aliphatic heterocycles. The van der Waals surface area contributed by atoms with Gasteiger partial charge in [-0.3, -0.25) is 4.79 Å². The van der Waals surface area contributed by atoms with Crippen molar-refractivity contribution in [3.63, 3.8) is 0 Å². The monoisotopic (exact) mass is 536 g/mol. The largest absolute Gasteiger partial charge is 0.488 e. The lowest BCUT2D eigenvalue weighted by molar-refractivity contribution is -0.123. The third-order valence-electron chi connectivity index (χ3n) is 4.73. The summed E-state index contributed by atoms with van der Waals surface area (Å²) in [5.41, 5.74) is 4.40. The van der Waals surface area contributed by atoms with Gasteiger partial charge in [-0.15, -0.1) is 0 Å². The molecule has 6 heteroatoms. The van der Waals surface area contributed by atoms with Gasteiger partial charge in [0, 0.05) is 9.13 Å². The number of ether oxygens (including phenoxy) is 2. The highest BCUT2D eigenvalue weighted by atomic mass is 127. The minimum atomic E-state index is -0.341. The number of hydrogen-bond acceptors (Lipinski definition) is 4. The topological polar surface area (TPSA) is 59.9 Å². The highest BCUT2D eigenvalue weighted by molar-refractivity contribution is 14.1. The van der Waals surface area contributed by atoms with Gasteiger partial charge >= 0.3 is 0 Å². The van der Waals surface area contributed by atoms with Crippen LogP contribution in [0.5, 0.6) is 11.5 Å². The van der Waals surface area contributed by atoms with Gasteiger partial charge in [0.15, 0.2) is 6.61 Å². The molecule has 0 bridgehead atoms. The number of carbonyl (C=O) groups excluding carboxylic acids is 1. The van der Waals surface area contributed by atoms with Gasteiger partial charge in [0.05, 0.1) is 6.21 Å². The van der Waals surface area contributed by atoms with Crippen molar-refractivity contribution in [2.45, 2.75) is 6.61 Å². The Kier molecular flexibility index (Phi) is 7.34. The molecule has 1 N–H and O–H groups in total. The number of benzene rings is 4. The fourth-order valence-corrected chi connectivity index (χ4v) is 3.51. The summed E-state index contributed by atoms with van der Waals surface area (Å²) in [4.78, 5) is 12.2. The fourth-order valence-electron chi connectivity index (χ4n) is 3.15. The van der Waals surface area contributed by atoms with Crippen LogP contribution in [0.15, 0.2) is 96.1 Å². The van der Waals surface area contributed by atoms with Crippen LogP contribution in [-0.2, 0) is 11.4 Å². The van der Waals surface area contributed by atoms with Gasteiger partial charge in [0.25, 0.3) is 5.91 Å². The van der Waals surface area contributed by atoms with Gasteiger partial charge in [-0.2, -0.15) is 5.10 Å². The molecule has 0 saturated heterocycles. The zero-order chi connectivity index (χ0) is 22.2. The number of carbonyl (C=O) groups is 1. The van der Waals surface area contributed by atoms with E-state index in [-0.39, 0.29) is 12.5 Å². The number of hydrazone groups is 1. The maximum Gasteiger partial charge on any atom is 0.277 e. The summed E-state index contributed by atoms with van der Waals surface area (Å²) in [6, 6.07) is 29.4. The van der Waals surface area contributed by atoms with Gasteiger partial charge in [0.1, 0.15) is 18.1 Å². The Balaban J connectivity index is 1.45. The first-order valence-electron chi connectivity index (χ1n) is 10.1. The molecule has 0 heterocycles. The van der Waals surface area contributed by atoms with Gasteiger partial charge in [0.2, 0.25) is 0 Å². The van der Waals surface area contributed by atoms with Crippen LogP contribution in [0, 0.1) is 3.57 Å². The highest BCUT2D eigenvalue weighted by Gasteiger charge is 2.08. The maximum atomic E-state index is 12.2. The van der Waals surface area contributed by atoms with Crippen LogP contribution in [0.3, 0.4) is 0 Å². The molecule has 0 aliphatic rings. The van der Waals surface area contributed by atoms with Crippen molar-refractivity contribution in [2.75, 3.05) is 6.61 Å². The van der Waals surface area contributed by atoms with Crippen molar-refractivity contribution in [3.05, 3.63) is 106 Å². The average Bonchev–Trinajstić information content (AvgIpc) is 2.83. The van der Waals surface area contributed by atoms with Gasteiger partial charge in [-0.05, 0) is 69.3 Å². The van der Waals surface area contributed by atoms with E-state index in [0.717, 1.165) is 25.5 Å². The Bertz CT molecular complexity index is 1230. The van der Waals surface area contributed by atoms with Crippen molar-refractivity contribution in [1.82, 2.24) is 5.43 Å². The normalized spacial score (nSPS) is 10.9. The number of nitrogens with zero attached hydrogens (tertiary/aromatic N) is 1. The molecule has 0 aromatic heterocycles. The lowest BCUT2D eigenvalue weighted by Gasteiger charge is -2.12. The van der Waals surface area contributed by atoms with E-state index in [4.69, 9.17) is 9.47 Å². The standard InChI is InChI=1S/C26H21IN2O3/c27-21-11-13-22(14-12-21)31-18-26(30)29-28-16-24-23-9-5-4-8-20(23)10-15-25(24)32-17-19-6-2-1-3-7-19/h1-16H,17-18H2,(H,29,30). The molecule has 5 nitrogen and oxygen atoms in total. The van der Waals surface area contributed by atoms with Crippen molar-refractivity contribution >= 4 is 45.5 Å². The Morgan fingerprint density at radius 1 is 0.875 bits per heavy atom. The van der Waals surface area contributed by atoms with Crippen LogP contribution in [0.2, 0.25) is 0 Å². The average molecular weight is 536 g/mol. The summed E-state index contributed by atoms with van der Waals surface area (Å²) in [5, 5.41) is 6.20. The summed E-state index contributed by atoms with van der Waals surface area (Å²) in [6.45, 7) is 0.321. The molecule has 0 saturated carbocycles. The number of nitrogens with one attached hydrogen (secondary N) is 1. The van der Waals surface area contributed by atoms with E-state index < -0.39 is 0 Å². The second kappa shape index (κ2) is 10.8. The Labute approximate surface area is 200 Å². The second-order valence-corrected chi connectivity index (χ2v) is 8.25. The van der Waals surface area contributed by atoms with Crippen LogP contribution in [0.1, 0.15) is 11.1 Å². The molecule has 160 valence electrons. The molecule has 0 aliphatic carbocycles. The minimum absolute atomic E-state index is 0.120. The van der Waals surface area contributed by atoms with Crippen LogP contribution < -0.4 is 14.9 Å². The SMILES string of the molecule is O=C(COc1ccc(I)cc1)NN=Cc1c(OCc2ccccc2)ccc2ccccc12. The Morgan fingerprint density at radius 3 is 2.44 bits per heavy atom. The molecule has 0 unspecified atom stereocenters. The maximum absolute atomic E-state index is 12.2. The van der Waals surface area contributed by atoms with Crippen LogP contribution in [-0.4, -0.2) is 18.7 Å². The fraction of sp³-hybridized carbons (Fsp3) is 0.0769. The predicted octanol–water partition coefficient (Wildman–Crippen LogP) is 5.55. The number of rotatable bonds is 8. The van der Waals surface area contributed by atoms with E-state index >= 15 is 0 Å². The first-order valence-corrected chi connectivity index (χ1v) is 11.2. The predicted molar refractivity (Wildman–Crippen MR) is 135 cm³/mol. The zero-order valence-corrected chi connectivity index (χ0v) is 19.4. The summed E-state index contributed by atoms with van der Waals surface area (Å²) in [6.07, 6.45) is 1.62. The van der Waals surface area contributed by atoms with E-state index in [1.807, 2.05) is 91.0 Å². The Hall–Kier alpha value is -3.39. The molecule has 4 aromatic carbocycles. The number of fused-ring (bicyclic) bond motifs is 1. The number of amides is 1. The second-order valence-electron chi connectivity index (χ2n) is 7.01. The molecule has 4 rings (SSSR count). The van der Waals surface area contributed by atoms with Crippen molar-refractivity contribution in [3.8, 4) is 11.5 Å². The first-order chi connectivity index (χ1) is 15.7. The molecule has 4 aromatic rings. The molecule has 0 spiro atoms. The van der Waals surface area contributed by atoms with Crippen molar-refractivity contribution in [1.29, 1.82) is 0 Å². The first kappa shape index (κ1) is 21.8. The Morgan fingerprint density at radius 2 is 1.62 bits per heavy atom. The van der Waals surface area contributed by atoms with Gasteiger partial charge in [-0.25, -0.2) is 5.43 Å². The molecular weight excluding hydrogens is 515 g/mol.